The molecule has 0 heterocycles. The van der Waals surface area contributed by atoms with Gasteiger partial charge in [-0.25, -0.2) is 4.79 Å². The number of carboxylic acid groups (broad SMARTS) is 1. The molecule has 2 rings (SSSR count). The maximum atomic E-state index is 11.2. The molecule has 0 saturated heterocycles. The molecule has 1 N–H and O–H groups in total. The molecule has 108 valence electrons. The van der Waals surface area contributed by atoms with Crippen LogP contribution in [0, 0.1) is 10.1 Å². The monoisotopic (exact) mass is 327 g/mol. The molecule has 21 heavy (non-hydrogen) atoms. The van der Waals surface area contributed by atoms with E-state index < -0.39 is 10.9 Å². The van der Waals surface area contributed by atoms with Crippen molar-refractivity contribution in [2.75, 3.05) is 0 Å². The van der Waals surface area contributed by atoms with Crippen molar-refractivity contribution in [3.63, 3.8) is 0 Å². The zero-order valence-electron chi connectivity index (χ0n) is 10.2. The van der Waals surface area contributed by atoms with Crippen LogP contribution in [-0.4, -0.2) is 16.0 Å². The number of hydrogen-bond acceptors (Lipinski definition) is 4. The highest BCUT2D eigenvalue weighted by atomic mass is 35.5. The highest BCUT2D eigenvalue weighted by molar-refractivity contribution is 6.32. The van der Waals surface area contributed by atoms with Crippen molar-refractivity contribution >= 4 is 34.9 Å². The lowest BCUT2D eigenvalue weighted by molar-refractivity contribution is -0.385. The van der Waals surface area contributed by atoms with E-state index in [4.69, 9.17) is 33.0 Å². The number of nitrogens with zero attached hydrogens (tertiary/aromatic N) is 1. The Balaban J connectivity index is 2.53. The first-order valence-corrected chi connectivity index (χ1v) is 6.29. The summed E-state index contributed by atoms with van der Waals surface area (Å²) in [7, 11) is 0. The summed E-state index contributed by atoms with van der Waals surface area (Å²) in [4.78, 5) is 21.5. The Labute approximate surface area is 128 Å². The topological polar surface area (TPSA) is 89.7 Å². The van der Waals surface area contributed by atoms with E-state index in [0.29, 0.717) is 0 Å². The van der Waals surface area contributed by atoms with Gasteiger partial charge < -0.3 is 9.84 Å². The minimum Gasteiger partial charge on any atom is -0.478 e. The molecule has 0 saturated carbocycles. The molecule has 0 aliphatic rings. The van der Waals surface area contributed by atoms with E-state index in [2.05, 4.69) is 0 Å². The summed E-state index contributed by atoms with van der Waals surface area (Å²) in [5, 5.41) is 20.3. The largest absolute Gasteiger partial charge is 0.478 e. The van der Waals surface area contributed by atoms with E-state index in [-0.39, 0.29) is 32.8 Å². The predicted molar refractivity (Wildman–Crippen MR) is 76.6 cm³/mol. The Morgan fingerprint density at radius 1 is 1.24 bits per heavy atom. The molecule has 0 aliphatic carbocycles. The van der Waals surface area contributed by atoms with Crippen molar-refractivity contribution in [3.05, 3.63) is 62.1 Å². The number of nitro benzene ring substituents is 1. The lowest BCUT2D eigenvalue weighted by atomic mass is 10.2. The van der Waals surface area contributed by atoms with Crippen LogP contribution in [0.5, 0.6) is 11.5 Å². The maximum Gasteiger partial charge on any atom is 0.339 e. The Kier molecular flexibility index (Phi) is 4.30. The fraction of sp³-hybridized carbons (Fsp3) is 0. The second-order valence-electron chi connectivity index (χ2n) is 3.89. The number of hydrogen-bond donors (Lipinski definition) is 1. The quantitative estimate of drug-likeness (QED) is 0.664. The Hall–Kier alpha value is -2.31. The van der Waals surface area contributed by atoms with Gasteiger partial charge in [0, 0.05) is 11.1 Å². The van der Waals surface area contributed by atoms with Gasteiger partial charge in [0.2, 0.25) is 5.75 Å². The standard InChI is InChI=1S/C13H7Cl2NO5/c14-7-4-5-11(8(6-7)13(17)18)21-12-9(15)2-1-3-10(12)16(19)20/h1-6H,(H,17,18). The number of rotatable bonds is 4. The molecule has 6 nitrogen and oxygen atoms in total. The molecule has 0 spiro atoms. The van der Waals surface area contributed by atoms with Crippen LogP contribution >= 0.6 is 23.2 Å². The number of nitro groups is 1. The van der Waals surface area contributed by atoms with Crippen LogP contribution in [0.15, 0.2) is 36.4 Å². The van der Waals surface area contributed by atoms with E-state index in [1.54, 1.807) is 0 Å². The first-order valence-electron chi connectivity index (χ1n) is 5.53. The molecule has 0 radical (unpaired) electrons. The number of ether oxygens (including phenoxy) is 1. The van der Waals surface area contributed by atoms with Crippen LogP contribution in [0.4, 0.5) is 5.69 Å². The Bertz CT molecular complexity index is 732. The van der Waals surface area contributed by atoms with E-state index in [9.17, 15) is 14.9 Å². The second-order valence-corrected chi connectivity index (χ2v) is 4.74. The Morgan fingerprint density at radius 2 is 1.95 bits per heavy atom. The molecule has 8 heteroatoms. The van der Waals surface area contributed by atoms with Crippen molar-refractivity contribution < 1.29 is 19.6 Å². The van der Waals surface area contributed by atoms with E-state index in [1.807, 2.05) is 0 Å². The number of benzene rings is 2. The number of carbonyl (C=O) groups is 1. The normalized spacial score (nSPS) is 10.2. The van der Waals surface area contributed by atoms with Crippen LogP contribution in [0.3, 0.4) is 0 Å². The summed E-state index contributed by atoms with van der Waals surface area (Å²) < 4.78 is 5.34. The van der Waals surface area contributed by atoms with Crippen LogP contribution in [0.2, 0.25) is 10.0 Å². The lowest BCUT2D eigenvalue weighted by Gasteiger charge is -2.10. The number of para-hydroxylation sites is 1. The fourth-order valence-corrected chi connectivity index (χ4v) is 1.99. The summed E-state index contributed by atoms with van der Waals surface area (Å²) in [5.41, 5.74) is -0.592. The van der Waals surface area contributed by atoms with Gasteiger partial charge in [-0.1, -0.05) is 29.3 Å². The third-order valence-electron chi connectivity index (χ3n) is 2.53. The smallest absolute Gasteiger partial charge is 0.339 e. The van der Waals surface area contributed by atoms with E-state index >= 15 is 0 Å². The SMILES string of the molecule is O=C(O)c1cc(Cl)ccc1Oc1c(Cl)cccc1[N+](=O)[O-]. The number of aromatic carboxylic acids is 1. The zero-order valence-corrected chi connectivity index (χ0v) is 11.8. The highest BCUT2D eigenvalue weighted by Crippen LogP contribution is 2.39. The van der Waals surface area contributed by atoms with Crippen molar-refractivity contribution in [3.8, 4) is 11.5 Å². The third-order valence-corrected chi connectivity index (χ3v) is 3.06. The lowest BCUT2D eigenvalue weighted by Crippen LogP contribution is -2.01. The molecular formula is C13H7Cl2NO5. The van der Waals surface area contributed by atoms with Crippen LogP contribution < -0.4 is 4.74 Å². The van der Waals surface area contributed by atoms with Gasteiger partial charge >= 0.3 is 11.7 Å². The molecule has 0 amide bonds. The molecule has 0 aliphatic heterocycles. The van der Waals surface area contributed by atoms with Gasteiger partial charge in [-0.05, 0) is 24.3 Å². The molecule has 2 aromatic carbocycles. The summed E-state index contributed by atoms with van der Waals surface area (Å²) in [6, 6.07) is 7.90. The molecular weight excluding hydrogens is 321 g/mol. The minimum absolute atomic E-state index is 0.00418. The van der Waals surface area contributed by atoms with Crippen molar-refractivity contribution in [1.29, 1.82) is 0 Å². The van der Waals surface area contributed by atoms with Gasteiger partial charge in [0.05, 0.1) is 9.95 Å². The summed E-state index contributed by atoms with van der Waals surface area (Å²) in [6.07, 6.45) is 0. The molecule has 0 atom stereocenters. The highest BCUT2D eigenvalue weighted by Gasteiger charge is 2.21. The fourth-order valence-electron chi connectivity index (χ4n) is 1.61. The van der Waals surface area contributed by atoms with E-state index in [1.165, 1.54) is 36.4 Å². The summed E-state index contributed by atoms with van der Waals surface area (Å²) >= 11 is 11.6. The predicted octanol–water partition coefficient (Wildman–Crippen LogP) is 4.39. The second kappa shape index (κ2) is 5.99. The van der Waals surface area contributed by atoms with Gasteiger partial charge in [0.25, 0.3) is 0 Å². The minimum atomic E-state index is -1.28. The zero-order chi connectivity index (χ0) is 15.6. The number of carboxylic acids is 1. The molecule has 0 aromatic heterocycles. The van der Waals surface area contributed by atoms with Crippen LogP contribution in [0.1, 0.15) is 10.4 Å². The molecule has 0 bridgehead atoms. The van der Waals surface area contributed by atoms with Crippen LogP contribution in [0.25, 0.3) is 0 Å². The van der Waals surface area contributed by atoms with Crippen LogP contribution in [-0.2, 0) is 0 Å². The summed E-state index contributed by atoms with van der Waals surface area (Å²) in [5.74, 6) is -1.60. The van der Waals surface area contributed by atoms with Gasteiger partial charge in [-0.15, -0.1) is 0 Å². The molecule has 0 unspecified atom stereocenters. The summed E-state index contributed by atoms with van der Waals surface area (Å²) in [6.45, 7) is 0. The van der Waals surface area contributed by atoms with Crippen molar-refractivity contribution in [1.82, 2.24) is 0 Å². The number of halogens is 2. The first-order chi connectivity index (χ1) is 9.90. The molecule has 2 aromatic rings. The third kappa shape index (κ3) is 3.24. The Morgan fingerprint density at radius 3 is 2.57 bits per heavy atom. The van der Waals surface area contributed by atoms with Gasteiger partial charge in [-0.2, -0.15) is 0 Å². The van der Waals surface area contributed by atoms with Crippen molar-refractivity contribution in [2.45, 2.75) is 0 Å². The van der Waals surface area contributed by atoms with E-state index in [0.717, 1.165) is 0 Å². The van der Waals surface area contributed by atoms with Gasteiger partial charge in [-0.3, -0.25) is 10.1 Å². The average Bonchev–Trinajstić information content (AvgIpc) is 2.42. The molecule has 0 fully saturated rings. The first kappa shape index (κ1) is 15.1. The maximum absolute atomic E-state index is 11.2. The van der Waals surface area contributed by atoms with Crippen molar-refractivity contribution in [2.24, 2.45) is 0 Å². The van der Waals surface area contributed by atoms with Gasteiger partial charge in [0.1, 0.15) is 11.3 Å². The average molecular weight is 328 g/mol. The van der Waals surface area contributed by atoms with Gasteiger partial charge in [0.15, 0.2) is 0 Å².